The minimum atomic E-state index is 0.0637. The summed E-state index contributed by atoms with van der Waals surface area (Å²) in [5, 5.41) is 0. The molecule has 0 radical (unpaired) electrons. The van der Waals surface area contributed by atoms with Gasteiger partial charge in [-0.15, -0.1) is 0 Å². The van der Waals surface area contributed by atoms with Crippen LogP contribution in [0.4, 0.5) is 0 Å². The second-order valence-electron chi connectivity index (χ2n) is 6.32. The molecule has 3 heteroatoms. The third-order valence-electron chi connectivity index (χ3n) is 4.77. The third-order valence-corrected chi connectivity index (χ3v) is 4.77. The molecule has 1 aliphatic heterocycles. The predicted molar refractivity (Wildman–Crippen MR) is 106 cm³/mol. The summed E-state index contributed by atoms with van der Waals surface area (Å²) < 4.78 is 5.68. The molecular formula is C23H22N2O. The fraction of sp³-hybridized carbons (Fsp3) is 0.174. The van der Waals surface area contributed by atoms with Crippen molar-refractivity contribution in [3.8, 4) is 5.75 Å². The molecule has 0 aromatic heterocycles. The van der Waals surface area contributed by atoms with Gasteiger partial charge in [-0.05, 0) is 11.6 Å². The molecule has 0 fully saturated rings. The van der Waals surface area contributed by atoms with Crippen LogP contribution in [0.15, 0.2) is 89.9 Å². The van der Waals surface area contributed by atoms with Crippen LogP contribution in [0.25, 0.3) is 0 Å². The van der Waals surface area contributed by atoms with E-state index < -0.39 is 0 Å². The van der Waals surface area contributed by atoms with E-state index in [1.807, 2.05) is 18.2 Å². The van der Waals surface area contributed by atoms with Gasteiger partial charge in [-0.1, -0.05) is 78.9 Å². The van der Waals surface area contributed by atoms with Gasteiger partial charge in [0, 0.05) is 17.7 Å². The molecule has 3 aromatic rings. The Morgan fingerprint density at radius 1 is 0.846 bits per heavy atom. The highest BCUT2D eigenvalue weighted by molar-refractivity contribution is 6.00. The van der Waals surface area contributed by atoms with Gasteiger partial charge in [-0.25, -0.2) is 0 Å². The average molecular weight is 342 g/mol. The fourth-order valence-electron chi connectivity index (χ4n) is 3.61. The van der Waals surface area contributed by atoms with E-state index in [1.165, 1.54) is 5.56 Å². The highest BCUT2D eigenvalue weighted by atomic mass is 16.5. The first-order chi connectivity index (χ1) is 12.9. The minimum absolute atomic E-state index is 0.0637. The van der Waals surface area contributed by atoms with Gasteiger partial charge in [0.2, 0.25) is 0 Å². The highest BCUT2D eigenvalue weighted by Crippen LogP contribution is 2.36. The molecule has 0 spiro atoms. The first kappa shape index (κ1) is 16.4. The minimum Gasteiger partial charge on any atom is -0.496 e. The Morgan fingerprint density at radius 3 is 2.23 bits per heavy atom. The molecule has 0 aliphatic carbocycles. The summed E-state index contributed by atoms with van der Waals surface area (Å²) in [6.07, 6.45) is 0. The number of aliphatic imine (C=N–C) groups is 1. The summed E-state index contributed by atoms with van der Waals surface area (Å²) in [5.74, 6) is 1.95. The van der Waals surface area contributed by atoms with Gasteiger partial charge in [0.15, 0.2) is 0 Å². The highest BCUT2D eigenvalue weighted by Gasteiger charge is 2.30. The fourth-order valence-corrected chi connectivity index (χ4v) is 3.61. The summed E-state index contributed by atoms with van der Waals surface area (Å²) in [6.45, 7) is 1.70. The molecule has 1 aliphatic rings. The lowest BCUT2D eigenvalue weighted by Crippen LogP contribution is -2.33. The first-order valence-electron chi connectivity index (χ1n) is 8.93. The normalized spacial score (nSPS) is 14.8. The predicted octanol–water partition coefficient (Wildman–Crippen LogP) is 4.55. The van der Waals surface area contributed by atoms with Crippen LogP contribution in [-0.4, -0.2) is 30.9 Å². The Labute approximate surface area is 154 Å². The third kappa shape index (κ3) is 3.08. The van der Waals surface area contributed by atoms with Crippen LogP contribution < -0.4 is 4.74 Å². The number of amidine groups is 1. The lowest BCUT2D eigenvalue weighted by atomic mass is 9.95. The number of hydrogen-bond donors (Lipinski definition) is 0. The summed E-state index contributed by atoms with van der Waals surface area (Å²) in [6, 6.07) is 29.3. The second-order valence-corrected chi connectivity index (χ2v) is 6.32. The zero-order chi connectivity index (χ0) is 17.8. The Kier molecular flexibility index (Phi) is 4.69. The quantitative estimate of drug-likeness (QED) is 0.680. The van der Waals surface area contributed by atoms with Gasteiger partial charge in [0.1, 0.15) is 11.6 Å². The molecule has 130 valence electrons. The maximum absolute atomic E-state index is 5.68. The van der Waals surface area contributed by atoms with Crippen LogP contribution >= 0.6 is 0 Å². The van der Waals surface area contributed by atoms with Crippen LogP contribution in [0.2, 0.25) is 0 Å². The molecule has 4 rings (SSSR count). The number of hydrogen-bond acceptors (Lipinski definition) is 3. The van der Waals surface area contributed by atoms with E-state index in [9.17, 15) is 0 Å². The zero-order valence-corrected chi connectivity index (χ0v) is 14.9. The molecule has 3 nitrogen and oxygen atoms in total. The van der Waals surface area contributed by atoms with Gasteiger partial charge in [-0.2, -0.15) is 0 Å². The van der Waals surface area contributed by atoms with Gasteiger partial charge in [0.25, 0.3) is 0 Å². The smallest absolute Gasteiger partial charge is 0.131 e. The molecule has 3 aromatic carbocycles. The Hall–Kier alpha value is -3.07. The Bertz CT molecular complexity index is 890. The van der Waals surface area contributed by atoms with Crippen LogP contribution in [0, 0.1) is 0 Å². The first-order valence-corrected chi connectivity index (χ1v) is 8.93. The van der Waals surface area contributed by atoms with Crippen molar-refractivity contribution in [2.75, 3.05) is 20.2 Å². The summed E-state index contributed by atoms with van der Waals surface area (Å²) in [4.78, 5) is 7.21. The molecule has 0 bridgehead atoms. The lowest BCUT2D eigenvalue weighted by Gasteiger charge is -2.32. The van der Waals surface area contributed by atoms with Crippen molar-refractivity contribution in [2.45, 2.75) is 6.04 Å². The van der Waals surface area contributed by atoms with E-state index in [2.05, 4.69) is 71.6 Å². The van der Waals surface area contributed by atoms with Crippen molar-refractivity contribution in [2.24, 2.45) is 4.99 Å². The average Bonchev–Trinajstić information content (AvgIpc) is 3.19. The number of benzene rings is 3. The Morgan fingerprint density at radius 2 is 1.50 bits per heavy atom. The molecule has 1 heterocycles. The maximum atomic E-state index is 5.68. The summed E-state index contributed by atoms with van der Waals surface area (Å²) in [7, 11) is 1.73. The van der Waals surface area contributed by atoms with Crippen LogP contribution in [0.1, 0.15) is 22.7 Å². The molecule has 0 saturated heterocycles. The Balaban J connectivity index is 1.83. The second kappa shape index (κ2) is 7.44. The van der Waals surface area contributed by atoms with Crippen molar-refractivity contribution in [1.29, 1.82) is 0 Å². The largest absolute Gasteiger partial charge is 0.496 e. The van der Waals surface area contributed by atoms with E-state index in [0.717, 1.165) is 35.8 Å². The monoisotopic (exact) mass is 342 g/mol. The number of methoxy groups -OCH3 is 1. The number of nitrogens with zero attached hydrogens (tertiary/aromatic N) is 2. The number of ether oxygens (including phenoxy) is 1. The van der Waals surface area contributed by atoms with E-state index >= 15 is 0 Å². The van der Waals surface area contributed by atoms with Crippen molar-refractivity contribution in [3.05, 3.63) is 102 Å². The van der Waals surface area contributed by atoms with Crippen LogP contribution in [-0.2, 0) is 0 Å². The van der Waals surface area contributed by atoms with Gasteiger partial charge in [0.05, 0.1) is 19.7 Å². The van der Waals surface area contributed by atoms with Gasteiger partial charge < -0.3 is 9.64 Å². The number of para-hydroxylation sites is 1. The van der Waals surface area contributed by atoms with Crippen molar-refractivity contribution >= 4 is 5.84 Å². The SMILES string of the molecule is COc1ccccc1C(c1ccccc1)N1CCN=C1c1ccccc1. The van der Waals surface area contributed by atoms with Crippen molar-refractivity contribution in [3.63, 3.8) is 0 Å². The maximum Gasteiger partial charge on any atom is 0.131 e. The van der Waals surface area contributed by atoms with Crippen LogP contribution in [0.5, 0.6) is 5.75 Å². The zero-order valence-electron chi connectivity index (χ0n) is 14.9. The molecule has 1 atom stereocenters. The molecule has 0 amide bonds. The van der Waals surface area contributed by atoms with E-state index in [4.69, 9.17) is 9.73 Å². The van der Waals surface area contributed by atoms with Crippen molar-refractivity contribution < 1.29 is 4.74 Å². The molecule has 0 N–H and O–H groups in total. The molecule has 0 saturated carbocycles. The van der Waals surface area contributed by atoms with E-state index in [0.29, 0.717) is 0 Å². The van der Waals surface area contributed by atoms with Crippen LogP contribution in [0.3, 0.4) is 0 Å². The summed E-state index contributed by atoms with van der Waals surface area (Å²) in [5.41, 5.74) is 3.55. The van der Waals surface area contributed by atoms with Gasteiger partial charge in [-0.3, -0.25) is 4.99 Å². The molecule has 26 heavy (non-hydrogen) atoms. The summed E-state index contributed by atoms with van der Waals surface area (Å²) >= 11 is 0. The van der Waals surface area contributed by atoms with Crippen molar-refractivity contribution in [1.82, 2.24) is 4.90 Å². The standard InChI is InChI=1S/C23H22N2O/c1-26-21-15-9-8-14-20(21)22(18-10-4-2-5-11-18)25-17-16-24-23(25)19-12-6-3-7-13-19/h2-15,22H,16-17H2,1H3. The molecular weight excluding hydrogens is 320 g/mol. The van der Waals surface area contributed by atoms with Gasteiger partial charge >= 0.3 is 0 Å². The number of rotatable bonds is 5. The molecule has 1 unspecified atom stereocenters. The van der Waals surface area contributed by atoms with E-state index in [1.54, 1.807) is 7.11 Å². The van der Waals surface area contributed by atoms with E-state index in [-0.39, 0.29) is 6.04 Å². The topological polar surface area (TPSA) is 24.8 Å². The lowest BCUT2D eigenvalue weighted by molar-refractivity contribution is 0.361.